The van der Waals surface area contributed by atoms with E-state index in [2.05, 4.69) is 5.32 Å². The highest BCUT2D eigenvalue weighted by Gasteiger charge is 2.16. The Hall–Kier alpha value is -1.52. The molecule has 0 aliphatic rings. The predicted molar refractivity (Wildman–Crippen MR) is 78.7 cm³/mol. The summed E-state index contributed by atoms with van der Waals surface area (Å²) in [6, 6.07) is 6.52. The van der Waals surface area contributed by atoms with E-state index in [9.17, 15) is 13.2 Å². The third-order valence-electron chi connectivity index (χ3n) is 3.02. The molecular weight excluding hydrogens is 299 g/mol. The molecular formula is C16H15ClF3N. The smallest absolute Gasteiger partial charge is 0.136 e. The third kappa shape index (κ3) is 3.77. The molecule has 0 fully saturated rings. The summed E-state index contributed by atoms with van der Waals surface area (Å²) in [6.07, 6.45) is 0. The lowest BCUT2D eigenvalue weighted by Crippen LogP contribution is -2.21. The summed E-state index contributed by atoms with van der Waals surface area (Å²) in [7, 11) is 0. The maximum atomic E-state index is 13.8. The molecule has 1 nitrogen and oxygen atoms in total. The van der Waals surface area contributed by atoms with E-state index in [0.717, 1.165) is 5.56 Å². The Balaban J connectivity index is 2.38. The Bertz CT molecular complexity index is 633. The Labute approximate surface area is 126 Å². The lowest BCUT2D eigenvalue weighted by atomic mass is 10.0. The number of benzene rings is 2. The van der Waals surface area contributed by atoms with Crippen LogP contribution in [-0.2, 0) is 6.54 Å². The molecule has 0 aliphatic heterocycles. The fraction of sp³-hybridized carbons (Fsp3) is 0.250. The van der Waals surface area contributed by atoms with Crippen molar-refractivity contribution < 1.29 is 13.2 Å². The molecule has 5 heteroatoms. The average Bonchev–Trinajstić information content (AvgIpc) is 2.37. The minimum Gasteiger partial charge on any atom is -0.310 e. The summed E-state index contributed by atoms with van der Waals surface area (Å²) >= 11 is 6.11. The van der Waals surface area contributed by atoms with Gasteiger partial charge in [-0.1, -0.05) is 37.6 Å². The molecule has 0 aromatic heterocycles. The number of hydrogen-bond donors (Lipinski definition) is 1. The zero-order valence-corrected chi connectivity index (χ0v) is 12.4. The van der Waals surface area contributed by atoms with Crippen molar-refractivity contribution in [2.75, 3.05) is 0 Å². The van der Waals surface area contributed by atoms with E-state index in [0.29, 0.717) is 24.7 Å². The molecule has 0 amide bonds. The van der Waals surface area contributed by atoms with E-state index in [1.54, 1.807) is 18.2 Å². The van der Waals surface area contributed by atoms with Crippen LogP contribution in [0.25, 0.3) is 11.1 Å². The first kappa shape index (κ1) is 15.9. The van der Waals surface area contributed by atoms with Crippen molar-refractivity contribution in [3.05, 3.63) is 58.4 Å². The summed E-state index contributed by atoms with van der Waals surface area (Å²) in [5, 5.41) is 3.45. The third-order valence-corrected chi connectivity index (χ3v) is 3.34. The quantitative estimate of drug-likeness (QED) is 0.844. The van der Waals surface area contributed by atoms with Crippen molar-refractivity contribution >= 4 is 11.6 Å². The Morgan fingerprint density at radius 2 is 1.67 bits per heavy atom. The first-order valence-corrected chi connectivity index (χ1v) is 6.93. The highest BCUT2D eigenvalue weighted by Crippen LogP contribution is 2.33. The number of rotatable bonds is 4. The van der Waals surface area contributed by atoms with E-state index in [1.165, 1.54) is 0 Å². The van der Waals surface area contributed by atoms with Crippen LogP contribution in [0.2, 0.25) is 5.02 Å². The summed E-state index contributed by atoms with van der Waals surface area (Å²) < 4.78 is 40.5. The van der Waals surface area contributed by atoms with Crippen LogP contribution in [0.5, 0.6) is 0 Å². The van der Waals surface area contributed by atoms with Gasteiger partial charge in [0.05, 0.1) is 5.56 Å². The van der Waals surface area contributed by atoms with Gasteiger partial charge >= 0.3 is 0 Å². The van der Waals surface area contributed by atoms with Crippen LogP contribution in [0.15, 0.2) is 30.3 Å². The van der Waals surface area contributed by atoms with Crippen LogP contribution in [-0.4, -0.2) is 6.04 Å². The molecule has 0 saturated heterocycles. The molecule has 21 heavy (non-hydrogen) atoms. The first-order chi connectivity index (χ1) is 9.88. The van der Waals surface area contributed by atoms with Crippen LogP contribution >= 0.6 is 11.6 Å². The lowest BCUT2D eigenvalue weighted by Gasteiger charge is -2.11. The molecule has 2 aromatic carbocycles. The van der Waals surface area contributed by atoms with Crippen molar-refractivity contribution in [3.63, 3.8) is 0 Å². The highest BCUT2D eigenvalue weighted by atomic mass is 35.5. The molecule has 0 atom stereocenters. The zero-order chi connectivity index (χ0) is 15.6. The normalized spacial score (nSPS) is 11.2. The number of hydrogen-bond acceptors (Lipinski definition) is 1. The zero-order valence-electron chi connectivity index (χ0n) is 11.7. The molecule has 0 radical (unpaired) electrons. The van der Waals surface area contributed by atoms with E-state index in [4.69, 9.17) is 11.6 Å². The van der Waals surface area contributed by atoms with Gasteiger partial charge in [0, 0.05) is 35.3 Å². The van der Waals surface area contributed by atoms with Gasteiger partial charge in [-0.05, 0) is 11.6 Å². The Morgan fingerprint density at radius 1 is 1.05 bits per heavy atom. The van der Waals surface area contributed by atoms with E-state index >= 15 is 0 Å². The van der Waals surface area contributed by atoms with Crippen molar-refractivity contribution in [2.45, 2.75) is 26.4 Å². The molecule has 0 unspecified atom stereocenters. The SMILES string of the molecule is CC(C)NCc1ccc(-c2c(F)cc(F)cc2F)c(Cl)c1. The minimum absolute atomic E-state index is 0.208. The Kier molecular flexibility index (Phi) is 4.91. The monoisotopic (exact) mass is 313 g/mol. The van der Waals surface area contributed by atoms with Gasteiger partial charge in [-0.3, -0.25) is 0 Å². The predicted octanol–water partition coefficient (Wildman–Crippen LogP) is 4.92. The second kappa shape index (κ2) is 6.50. The van der Waals surface area contributed by atoms with Crippen molar-refractivity contribution in [1.82, 2.24) is 5.32 Å². The van der Waals surface area contributed by atoms with Gasteiger partial charge in [-0.25, -0.2) is 13.2 Å². The fourth-order valence-electron chi connectivity index (χ4n) is 1.99. The number of halogens is 4. The summed E-state index contributed by atoms with van der Waals surface area (Å²) in [4.78, 5) is 0. The molecule has 1 N–H and O–H groups in total. The topological polar surface area (TPSA) is 12.0 Å². The maximum absolute atomic E-state index is 13.8. The molecule has 0 saturated carbocycles. The van der Waals surface area contributed by atoms with Crippen molar-refractivity contribution in [1.29, 1.82) is 0 Å². The average molecular weight is 314 g/mol. The van der Waals surface area contributed by atoms with Gasteiger partial charge in [0.15, 0.2) is 0 Å². The van der Waals surface area contributed by atoms with Crippen LogP contribution in [0, 0.1) is 17.5 Å². The molecule has 0 bridgehead atoms. The van der Waals surface area contributed by atoms with Crippen LogP contribution in [0.1, 0.15) is 19.4 Å². The van der Waals surface area contributed by atoms with Gasteiger partial charge in [-0.15, -0.1) is 0 Å². The maximum Gasteiger partial charge on any atom is 0.136 e. The van der Waals surface area contributed by atoms with Gasteiger partial charge in [0.1, 0.15) is 17.5 Å². The summed E-state index contributed by atoms with van der Waals surface area (Å²) in [5.74, 6) is -2.90. The van der Waals surface area contributed by atoms with E-state index in [1.807, 2.05) is 13.8 Å². The molecule has 2 aromatic rings. The minimum atomic E-state index is -0.970. The van der Waals surface area contributed by atoms with Gasteiger partial charge in [0.2, 0.25) is 0 Å². The van der Waals surface area contributed by atoms with Crippen molar-refractivity contribution in [2.24, 2.45) is 0 Å². The van der Waals surface area contributed by atoms with Crippen LogP contribution in [0.4, 0.5) is 13.2 Å². The van der Waals surface area contributed by atoms with E-state index in [-0.39, 0.29) is 16.1 Å². The molecule has 2 rings (SSSR count). The highest BCUT2D eigenvalue weighted by molar-refractivity contribution is 6.33. The molecule has 0 spiro atoms. The van der Waals surface area contributed by atoms with Gasteiger partial charge in [-0.2, -0.15) is 0 Å². The largest absolute Gasteiger partial charge is 0.310 e. The molecule has 112 valence electrons. The second-order valence-corrected chi connectivity index (χ2v) is 5.50. The molecule has 0 heterocycles. The van der Waals surface area contributed by atoms with Crippen molar-refractivity contribution in [3.8, 4) is 11.1 Å². The summed E-state index contributed by atoms with van der Waals surface area (Å²) in [5.41, 5.74) is 0.796. The van der Waals surface area contributed by atoms with Gasteiger partial charge in [0.25, 0.3) is 0 Å². The first-order valence-electron chi connectivity index (χ1n) is 6.55. The standard InChI is InChI=1S/C16H15ClF3N/c1-9(2)21-8-10-3-4-12(13(17)5-10)16-14(19)6-11(18)7-15(16)20/h3-7,9,21H,8H2,1-2H3. The van der Waals surface area contributed by atoms with Gasteiger partial charge < -0.3 is 5.32 Å². The molecule has 0 aliphatic carbocycles. The lowest BCUT2D eigenvalue weighted by molar-refractivity contribution is 0.548. The second-order valence-electron chi connectivity index (χ2n) is 5.09. The Morgan fingerprint density at radius 3 is 2.19 bits per heavy atom. The fourth-order valence-corrected chi connectivity index (χ4v) is 2.29. The van der Waals surface area contributed by atoms with Crippen LogP contribution in [0.3, 0.4) is 0 Å². The van der Waals surface area contributed by atoms with E-state index < -0.39 is 17.5 Å². The van der Waals surface area contributed by atoms with Crippen LogP contribution < -0.4 is 5.32 Å². The number of nitrogens with one attached hydrogen (secondary N) is 1. The summed E-state index contributed by atoms with van der Waals surface area (Å²) in [6.45, 7) is 4.63.